The monoisotopic (exact) mass is 1070 g/mol. The Balaban J connectivity index is 1.59. The van der Waals surface area contributed by atoms with E-state index in [4.69, 9.17) is 10.5 Å². The minimum atomic E-state index is -4.61. The molecule has 0 saturated carbocycles. The fourth-order valence-corrected chi connectivity index (χ4v) is 11.5. The van der Waals surface area contributed by atoms with Gasteiger partial charge in [0.15, 0.2) is 5.71 Å². The third-order valence-corrected chi connectivity index (χ3v) is 15.9. The van der Waals surface area contributed by atoms with Gasteiger partial charge >= 0.3 is 0 Å². The first-order valence-electron chi connectivity index (χ1n) is 21.3. The lowest BCUT2D eigenvalue weighted by atomic mass is 9.81. The van der Waals surface area contributed by atoms with Crippen molar-refractivity contribution >= 4 is 77.1 Å². The molecule has 21 nitrogen and oxygen atoms in total. The molecule has 70 heavy (non-hydrogen) atoms. The van der Waals surface area contributed by atoms with Crippen molar-refractivity contribution in [2.24, 2.45) is 0 Å². The number of rotatable bonds is 21. The molecule has 0 saturated heterocycles. The smallest absolute Gasteiger partial charge is 0.294 e. The van der Waals surface area contributed by atoms with Crippen LogP contribution in [0.25, 0.3) is 5.57 Å². The Bertz CT molecular complexity index is 3190. The van der Waals surface area contributed by atoms with Gasteiger partial charge in [-0.05, 0) is 104 Å². The Morgan fingerprint density at radius 1 is 0.857 bits per heavy atom. The van der Waals surface area contributed by atoms with E-state index in [-0.39, 0.29) is 59.8 Å². The van der Waals surface area contributed by atoms with Crippen molar-refractivity contribution in [1.82, 2.24) is 4.57 Å². The van der Waals surface area contributed by atoms with E-state index in [0.29, 0.717) is 74.8 Å². The van der Waals surface area contributed by atoms with E-state index >= 15 is 0 Å². The number of allylic oxidation sites excluding steroid dienone is 8. The van der Waals surface area contributed by atoms with Crippen LogP contribution in [-0.4, -0.2) is 99.7 Å². The Kier molecular flexibility index (Phi) is 16.8. The van der Waals surface area contributed by atoms with E-state index < -0.39 is 64.1 Å². The zero-order chi connectivity index (χ0) is 51.6. The third-order valence-electron chi connectivity index (χ3n) is 12.5. The summed E-state index contributed by atoms with van der Waals surface area (Å²) in [4.78, 5) is 15.7. The molecule has 1 aliphatic carbocycles. The van der Waals surface area contributed by atoms with Crippen LogP contribution in [0.4, 0.5) is 11.4 Å². The number of aromatic hydroxyl groups is 1. The number of nitrogens with zero attached hydrogens (tertiary/aromatic N) is 4. The van der Waals surface area contributed by atoms with E-state index in [1.54, 1.807) is 53.5 Å². The molecular formula is C44H51N4O17S5+. The van der Waals surface area contributed by atoms with Crippen molar-refractivity contribution in [3.8, 4) is 11.9 Å². The normalized spacial score (nSPS) is 17.9. The first kappa shape index (κ1) is 54.6. The number of anilines is 1. The lowest BCUT2D eigenvalue weighted by Gasteiger charge is -2.27. The predicted octanol–water partition coefficient (Wildman–Crippen LogP) is 6.82. The number of hydrogen-bond acceptors (Lipinski definition) is 18. The summed E-state index contributed by atoms with van der Waals surface area (Å²) in [7, 11) is -13.3. The second kappa shape index (κ2) is 21.6. The number of nitriles is 1. The number of pyridine rings is 1. The second-order valence-electron chi connectivity index (χ2n) is 17.5. The van der Waals surface area contributed by atoms with Crippen LogP contribution in [0.15, 0.2) is 92.1 Å². The van der Waals surface area contributed by atoms with Crippen molar-refractivity contribution in [3.05, 3.63) is 116 Å². The van der Waals surface area contributed by atoms with E-state index in [2.05, 4.69) is 18.7 Å². The van der Waals surface area contributed by atoms with Gasteiger partial charge in [0.2, 0.25) is 11.6 Å². The van der Waals surface area contributed by atoms with E-state index in [0.717, 1.165) is 22.2 Å². The molecule has 0 radical (unpaired) electrons. The van der Waals surface area contributed by atoms with Crippen molar-refractivity contribution < 1.29 is 77.9 Å². The van der Waals surface area contributed by atoms with Gasteiger partial charge in [-0.3, -0.25) is 23.0 Å². The molecule has 0 unspecified atom stereocenters. The van der Waals surface area contributed by atoms with Crippen LogP contribution in [0.3, 0.4) is 0 Å². The van der Waals surface area contributed by atoms with Crippen LogP contribution in [0.1, 0.15) is 81.2 Å². The van der Waals surface area contributed by atoms with Gasteiger partial charge in [-0.1, -0.05) is 36.1 Å². The lowest BCUT2D eigenvalue weighted by Crippen LogP contribution is -2.30. The molecule has 6 rings (SSSR count). The minimum absolute atomic E-state index is 0.0241. The highest BCUT2D eigenvalue weighted by molar-refractivity contribution is 7.94. The fraction of sp³-hybridized carbons (Fsp3) is 0.386. The van der Waals surface area contributed by atoms with Gasteiger partial charge in [-0.2, -0.15) is 35.1 Å². The molecule has 0 atom stereocenters. The summed E-state index contributed by atoms with van der Waals surface area (Å²) in [6, 6.07) is 11.3. The summed E-state index contributed by atoms with van der Waals surface area (Å²) in [6.45, 7) is 8.91. The average Bonchev–Trinajstić information content (AvgIpc) is 3.84. The SMILES string of the molecule is Cc1c(C2=C(C=CC3=[N+](CCCCS(=O)(=O)O)c4ccc(S(=O)(=O)O)cc4C3(C)C)CCC2=C/C=C2/N(CCS(=O)(=O)O)c3ccc(SOOO)cc3C2(C)C)c(O)n(CCSOOO)c(=O)c1C#N. The van der Waals surface area contributed by atoms with Gasteiger partial charge in [0.1, 0.15) is 18.2 Å². The van der Waals surface area contributed by atoms with Crippen LogP contribution in [0, 0.1) is 18.3 Å². The van der Waals surface area contributed by atoms with Gasteiger partial charge in [0.25, 0.3) is 35.9 Å². The number of aromatic nitrogens is 1. The van der Waals surface area contributed by atoms with Crippen molar-refractivity contribution in [2.75, 3.05) is 35.2 Å². The zero-order valence-corrected chi connectivity index (χ0v) is 42.4. The van der Waals surface area contributed by atoms with E-state index in [1.807, 2.05) is 38.3 Å². The summed E-state index contributed by atoms with van der Waals surface area (Å²) in [6.07, 6.45) is 8.24. The number of benzene rings is 2. The van der Waals surface area contributed by atoms with E-state index in [1.165, 1.54) is 19.1 Å². The molecule has 26 heteroatoms. The summed E-state index contributed by atoms with van der Waals surface area (Å²) < 4.78 is 113. The Morgan fingerprint density at radius 3 is 2.20 bits per heavy atom. The number of unbranched alkanes of at least 4 members (excludes halogenated alkanes) is 1. The maximum Gasteiger partial charge on any atom is 0.294 e. The highest BCUT2D eigenvalue weighted by Gasteiger charge is 2.45. The van der Waals surface area contributed by atoms with Crippen LogP contribution in [-0.2, 0) is 66.5 Å². The molecule has 2 aromatic carbocycles. The maximum atomic E-state index is 13.7. The third kappa shape index (κ3) is 11.8. The molecule has 3 heterocycles. The predicted molar refractivity (Wildman–Crippen MR) is 259 cm³/mol. The Labute approximate surface area is 413 Å². The van der Waals surface area contributed by atoms with Crippen LogP contribution >= 0.6 is 24.1 Å². The fourth-order valence-electron chi connectivity index (χ4n) is 9.20. The first-order valence-corrected chi connectivity index (χ1v) is 27.6. The average molecular weight is 1070 g/mol. The highest BCUT2D eigenvalue weighted by atomic mass is 32.2. The lowest BCUT2D eigenvalue weighted by molar-refractivity contribution is -0.438. The highest BCUT2D eigenvalue weighted by Crippen LogP contribution is 2.50. The zero-order valence-electron chi connectivity index (χ0n) is 38.3. The molecule has 0 spiro atoms. The maximum absolute atomic E-state index is 13.7. The molecule has 0 bridgehead atoms. The Morgan fingerprint density at radius 2 is 1.56 bits per heavy atom. The van der Waals surface area contributed by atoms with Gasteiger partial charge in [-0.15, -0.1) is 8.67 Å². The minimum Gasteiger partial charge on any atom is -0.494 e. The largest absolute Gasteiger partial charge is 0.494 e. The van der Waals surface area contributed by atoms with Gasteiger partial charge < -0.3 is 10.0 Å². The molecule has 1 aromatic heterocycles. The second-order valence-corrected chi connectivity index (χ2v) is 23.6. The van der Waals surface area contributed by atoms with Gasteiger partial charge in [0.05, 0.1) is 33.9 Å². The molecule has 2 aliphatic heterocycles. The quantitative estimate of drug-likeness (QED) is 0.0159. The van der Waals surface area contributed by atoms with Crippen molar-refractivity contribution in [1.29, 1.82) is 5.26 Å². The molecule has 3 aromatic rings. The van der Waals surface area contributed by atoms with Gasteiger partial charge in [0, 0.05) is 82.3 Å². The van der Waals surface area contributed by atoms with Crippen LogP contribution < -0.4 is 10.5 Å². The number of hydrogen-bond donors (Lipinski definition) is 6. The summed E-state index contributed by atoms with van der Waals surface area (Å²) in [5, 5.41) is 47.4. The Hall–Kier alpha value is -4.70. The number of fused-ring (bicyclic) bond motifs is 2. The van der Waals surface area contributed by atoms with Crippen LogP contribution in [0.5, 0.6) is 5.88 Å². The molecule has 6 N–H and O–H groups in total. The summed E-state index contributed by atoms with van der Waals surface area (Å²) in [5.74, 6) is -1.63. The molecular weight excluding hydrogens is 1020 g/mol. The molecule has 3 aliphatic rings. The molecule has 378 valence electrons. The first-order chi connectivity index (χ1) is 32.8. The van der Waals surface area contributed by atoms with Crippen molar-refractivity contribution in [3.63, 3.8) is 0 Å². The van der Waals surface area contributed by atoms with Crippen LogP contribution in [0.2, 0.25) is 0 Å². The molecule has 0 amide bonds. The van der Waals surface area contributed by atoms with Gasteiger partial charge in [-0.25, -0.2) is 10.5 Å². The standard InChI is InChI=1S/C44H50N4O17S5/c1-27-32(26-45)41(49)48(19-21-66-64-62-51)42(50)39(27)40-28(10-16-37-44(4,5)34-25-31(70(59,60)61)13-15-36(34)46(37)18-6-7-22-68(53,54)55)8-9-29(40)11-17-38-43(2,3)33-24-30(67-65-63-52)12-14-35(33)47(38)20-23-69(56,57)58/h10-17,24-25H,6-9,18-23H2,1-5H3,(H5,51,52,53,54,55,56,57,58,59,60,61)/p+1/b29-11?,38-17+. The topological polar surface area (TPSA) is 313 Å². The summed E-state index contributed by atoms with van der Waals surface area (Å²) in [5.41, 5.74) is 2.89. The summed E-state index contributed by atoms with van der Waals surface area (Å²) >= 11 is 1.36. The van der Waals surface area contributed by atoms with E-state index in [9.17, 15) is 54.1 Å². The molecule has 0 fully saturated rings. The van der Waals surface area contributed by atoms with Crippen molar-refractivity contribution in [2.45, 2.75) is 87.5 Å².